The molecule has 0 bridgehead atoms. The van der Waals surface area contributed by atoms with E-state index < -0.39 is 0 Å². The van der Waals surface area contributed by atoms with Gasteiger partial charge in [-0.1, -0.05) is 35.9 Å². The molecule has 1 fully saturated rings. The van der Waals surface area contributed by atoms with Crippen molar-refractivity contribution in [1.82, 2.24) is 9.88 Å². The van der Waals surface area contributed by atoms with E-state index in [0.29, 0.717) is 17.3 Å². The summed E-state index contributed by atoms with van der Waals surface area (Å²) in [5, 5.41) is 0.523. The van der Waals surface area contributed by atoms with E-state index in [1.54, 1.807) is 0 Å². The monoisotopic (exact) mass is 384 g/mol. The van der Waals surface area contributed by atoms with E-state index >= 15 is 0 Å². The predicted octanol–water partition coefficient (Wildman–Crippen LogP) is 5.87. The number of rotatable bonds is 5. The third-order valence-electron chi connectivity index (χ3n) is 6.13. The lowest BCUT2D eigenvalue weighted by atomic mass is 9.87. The summed E-state index contributed by atoms with van der Waals surface area (Å²) >= 11 is 6.26. The molecule has 2 aromatic rings. The Hall–Kier alpha value is -1.58. The van der Waals surface area contributed by atoms with Crippen LogP contribution < -0.4 is 4.74 Å². The third-order valence-corrected chi connectivity index (χ3v) is 6.33. The van der Waals surface area contributed by atoms with Crippen LogP contribution in [0.4, 0.5) is 0 Å². The Labute approximate surface area is 167 Å². The highest BCUT2D eigenvalue weighted by Gasteiger charge is 2.26. The second-order valence-corrected chi connectivity index (χ2v) is 8.44. The molecule has 2 aliphatic rings. The number of halogens is 1. The summed E-state index contributed by atoms with van der Waals surface area (Å²) in [6.07, 6.45) is 8.77. The summed E-state index contributed by atoms with van der Waals surface area (Å²) < 4.78 is 6.37. The van der Waals surface area contributed by atoms with Gasteiger partial charge in [-0.3, -0.25) is 4.90 Å². The van der Waals surface area contributed by atoms with E-state index in [1.165, 1.54) is 48.8 Å². The van der Waals surface area contributed by atoms with Crippen molar-refractivity contribution in [3.05, 3.63) is 57.9 Å². The van der Waals surface area contributed by atoms with Crippen molar-refractivity contribution in [2.45, 2.75) is 70.6 Å². The van der Waals surface area contributed by atoms with Gasteiger partial charge in [0, 0.05) is 29.9 Å². The van der Waals surface area contributed by atoms with Gasteiger partial charge >= 0.3 is 0 Å². The highest BCUT2D eigenvalue weighted by atomic mass is 35.5. The molecule has 1 aromatic carbocycles. The minimum absolute atomic E-state index is 0.322. The molecular weight excluding hydrogens is 356 g/mol. The zero-order chi connectivity index (χ0) is 18.8. The second kappa shape index (κ2) is 8.20. The Morgan fingerprint density at radius 1 is 1.15 bits per heavy atom. The fourth-order valence-electron chi connectivity index (χ4n) is 4.66. The first-order chi connectivity index (χ1) is 13.1. The summed E-state index contributed by atoms with van der Waals surface area (Å²) in [6.45, 7) is 2.88. The SMILES string of the molecule is Cc1nc(Cl)cc(OC2CCCC2)c1CN(C)C1CCCc2ccccc21. The van der Waals surface area contributed by atoms with Gasteiger partial charge in [-0.15, -0.1) is 0 Å². The van der Waals surface area contributed by atoms with Crippen molar-refractivity contribution in [2.24, 2.45) is 0 Å². The molecule has 1 heterocycles. The van der Waals surface area contributed by atoms with E-state index in [-0.39, 0.29) is 0 Å². The Kier molecular flexibility index (Phi) is 5.70. The van der Waals surface area contributed by atoms with Gasteiger partial charge in [-0.25, -0.2) is 4.98 Å². The van der Waals surface area contributed by atoms with E-state index in [0.717, 1.165) is 30.8 Å². The number of ether oxygens (including phenoxy) is 1. The average Bonchev–Trinajstić information content (AvgIpc) is 3.17. The fraction of sp³-hybridized carbons (Fsp3) is 0.522. The lowest BCUT2D eigenvalue weighted by molar-refractivity contribution is 0.189. The average molecular weight is 385 g/mol. The molecule has 0 aliphatic heterocycles. The number of pyridine rings is 1. The van der Waals surface area contributed by atoms with Gasteiger partial charge in [0.2, 0.25) is 0 Å². The van der Waals surface area contributed by atoms with E-state index in [4.69, 9.17) is 16.3 Å². The Bertz CT molecular complexity index is 801. The minimum atomic E-state index is 0.322. The lowest BCUT2D eigenvalue weighted by Gasteiger charge is -2.34. The fourth-order valence-corrected chi connectivity index (χ4v) is 4.89. The standard InChI is InChI=1S/C23H29ClN2O/c1-16-20(22(14-23(24)25-16)27-18-10-4-5-11-18)15-26(2)21-13-7-9-17-8-3-6-12-19(17)21/h3,6,8,12,14,18,21H,4-5,7,9-11,13,15H2,1-2H3. The molecule has 0 saturated heterocycles. The molecule has 1 saturated carbocycles. The highest BCUT2D eigenvalue weighted by Crippen LogP contribution is 2.36. The Balaban J connectivity index is 1.58. The molecule has 0 radical (unpaired) electrons. The number of benzene rings is 1. The molecular formula is C23H29ClN2O. The maximum Gasteiger partial charge on any atom is 0.133 e. The van der Waals surface area contributed by atoms with Crippen LogP contribution in [0, 0.1) is 6.92 Å². The van der Waals surface area contributed by atoms with Crippen LogP contribution in [0.1, 0.15) is 67.0 Å². The Morgan fingerprint density at radius 3 is 2.74 bits per heavy atom. The predicted molar refractivity (Wildman–Crippen MR) is 110 cm³/mol. The molecule has 27 heavy (non-hydrogen) atoms. The van der Waals surface area contributed by atoms with Gasteiger partial charge in [-0.05, 0) is 70.0 Å². The molecule has 4 rings (SSSR count). The van der Waals surface area contributed by atoms with Gasteiger partial charge < -0.3 is 4.74 Å². The number of hydrogen-bond acceptors (Lipinski definition) is 3. The summed E-state index contributed by atoms with van der Waals surface area (Å²) in [7, 11) is 2.22. The van der Waals surface area contributed by atoms with E-state index in [1.807, 2.05) is 13.0 Å². The van der Waals surface area contributed by atoms with Gasteiger partial charge in [0.15, 0.2) is 0 Å². The van der Waals surface area contributed by atoms with Crippen LogP contribution in [-0.2, 0) is 13.0 Å². The third kappa shape index (κ3) is 4.14. The minimum Gasteiger partial charge on any atom is -0.490 e. The van der Waals surface area contributed by atoms with Crippen LogP contribution in [0.25, 0.3) is 0 Å². The zero-order valence-corrected chi connectivity index (χ0v) is 17.1. The van der Waals surface area contributed by atoms with Gasteiger partial charge in [0.25, 0.3) is 0 Å². The second-order valence-electron chi connectivity index (χ2n) is 8.05. The maximum atomic E-state index is 6.37. The van der Waals surface area contributed by atoms with Crippen LogP contribution in [-0.4, -0.2) is 23.0 Å². The van der Waals surface area contributed by atoms with Gasteiger partial charge in [-0.2, -0.15) is 0 Å². The smallest absolute Gasteiger partial charge is 0.133 e. The molecule has 1 unspecified atom stereocenters. The number of aromatic nitrogens is 1. The summed E-state index contributed by atoms with van der Waals surface area (Å²) in [4.78, 5) is 6.97. The van der Waals surface area contributed by atoms with Crippen LogP contribution in [0.5, 0.6) is 5.75 Å². The molecule has 1 atom stereocenters. The largest absolute Gasteiger partial charge is 0.490 e. The topological polar surface area (TPSA) is 25.4 Å². The molecule has 1 aromatic heterocycles. The van der Waals surface area contributed by atoms with Crippen LogP contribution in [0.15, 0.2) is 30.3 Å². The summed E-state index contributed by atoms with van der Waals surface area (Å²) in [6, 6.07) is 11.2. The lowest BCUT2D eigenvalue weighted by Crippen LogP contribution is -2.28. The first-order valence-electron chi connectivity index (χ1n) is 10.2. The molecule has 0 N–H and O–H groups in total. The number of hydrogen-bond donors (Lipinski definition) is 0. The first kappa shape index (κ1) is 18.8. The molecule has 0 amide bonds. The molecule has 0 spiro atoms. The van der Waals surface area contributed by atoms with Crippen molar-refractivity contribution >= 4 is 11.6 Å². The molecule has 4 heteroatoms. The van der Waals surface area contributed by atoms with E-state index in [9.17, 15) is 0 Å². The van der Waals surface area contributed by atoms with E-state index in [2.05, 4.69) is 41.2 Å². The summed E-state index contributed by atoms with van der Waals surface area (Å²) in [5.41, 5.74) is 5.13. The Morgan fingerprint density at radius 2 is 1.93 bits per heavy atom. The zero-order valence-electron chi connectivity index (χ0n) is 16.4. The van der Waals surface area contributed by atoms with Crippen molar-refractivity contribution in [3.8, 4) is 5.75 Å². The molecule has 144 valence electrons. The molecule has 3 nitrogen and oxygen atoms in total. The van der Waals surface area contributed by atoms with Gasteiger partial charge in [0.05, 0.1) is 6.10 Å². The van der Waals surface area contributed by atoms with Crippen molar-refractivity contribution < 1.29 is 4.74 Å². The van der Waals surface area contributed by atoms with Crippen molar-refractivity contribution in [2.75, 3.05) is 7.05 Å². The van der Waals surface area contributed by atoms with Crippen molar-refractivity contribution in [3.63, 3.8) is 0 Å². The summed E-state index contributed by atoms with van der Waals surface area (Å²) in [5.74, 6) is 0.926. The van der Waals surface area contributed by atoms with Crippen LogP contribution in [0.2, 0.25) is 5.15 Å². The van der Waals surface area contributed by atoms with Crippen LogP contribution in [0.3, 0.4) is 0 Å². The normalized spacial score (nSPS) is 20.1. The maximum absolute atomic E-state index is 6.37. The highest BCUT2D eigenvalue weighted by molar-refractivity contribution is 6.29. The van der Waals surface area contributed by atoms with Crippen LogP contribution >= 0.6 is 11.6 Å². The molecule has 2 aliphatic carbocycles. The number of nitrogens with zero attached hydrogens (tertiary/aromatic N) is 2. The van der Waals surface area contributed by atoms with Gasteiger partial charge in [0.1, 0.15) is 10.9 Å². The first-order valence-corrected chi connectivity index (χ1v) is 10.6. The number of fused-ring (bicyclic) bond motifs is 1. The van der Waals surface area contributed by atoms with Crippen molar-refractivity contribution in [1.29, 1.82) is 0 Å². The number of aryl methyl sites for hydroxylation is 2. The quantitative estimate of drug-likeness (QED) is 0.602.